The molecular weight excluding hydrogens is 425 g/mol. The second kappa shape index (κ2) is 6.81. The molecule has 168 valence electrons. The summed E-state index contributed by atoms with van der Waals surface area (Å²) in [7, 11) is 0. The number of aliphatic imine (C=N–C) groups is 1. The normalized spacial score (nSPS) is 20.9. The van der Waals surface area contributed by atoms with Gasteiger partial charge >= 0.3 is 6.03 Å². The molecule has 0 saturated carbocycles. The molecule has 0 aliphatic carbocycles. The molecule has 33 heavy (non-hydrogen) atoms. The number of amidine groups is 1. The summed E-state index contributed by atoms with van der Waals surface area (Å²) in [5.41, 5.74) is 2.13. The number of ether oxygens (including phenoxy) is 2. The molecule has 3 aliphatic heterocycles. The second-order valence-electron chi connectivity index (χ2n) is 9.31. The van der Waals surface area contributed by atoms with E-state index in [1.807, 2.05) is 29.1 Å². The zero-order valence-electron chi connectivity index (χ0n) is 18.4. The number of anilines is 1. The molecule has 0 unspecified atom stereocenters. The van der Waals surface area contributed by atoms with Crippen LogP contribution in [0.3, 0.4) is 0 Å². The Balaban J connectivity index is 1.55. The zero-order valence-corrected chi connectivity index (χ0v) is 18.4. The Bertz CT molecular complexity index is 1310. The van der Waals surface area contributed by atoms with Gasteiger partial charge in [-0.1, -0.05) is 6.07 Å². The van der Waals surface area contributed by atoms with Crippen molar-refractivity contribution in [1.82, 2.24) is 15.1 Å². The van der Waals surface area contributed by atoms with E-state index in [4.69, 9.17) is 14.5 Å². The highest BCUT2D eigenvalue weighted by molar-refractivity contribution is 6.18. The summed E-state index contributed by atoms with van der Waals surface area (Å²) >= 11 is 0. The van der Waals surface area contributed by atoms with Gasteiger partial charge in [0.05, 0.1) is 11.7 Å². The van der Waals surface area contributed by atoms with Crippen molar-refractivity contribution in [3.63, 3.8) is 0 Å². The van der Waals surface area contributed by atoms with E-state index in [0.29, 0.717) is 28.8 Å². The topological polar surface area (TPSA) is 81.0 Å². The minimum absolute atomic E-state index is 0.175. The van der Waals surface area contributed by atoms with Crippen molar-refractivity contribution < 1.29 is 18.7 Å². The molecule has 1 aromatic heterocycles. The van der Waals surface area contributed by atoms with Crippen molar-refractivity contribution in [2.45, 2.75) is 38.3 Å². The van der Waals surface area contributed by atoms with Crippen molar-refractivity contribution in [2.24, 2.45) is 4.99 Å². The number of amides is 2. The van der Waals surface area contributed by atoms with E-state index < -0.39 is 6.04 Å². The lowest BCUT2D eigenvalue weighted by Gasteiger charge is -2.33. The Labute approximate surface area is 189 Å². The van der Waals surface area contributed by atoms with E-state index in [2.05, 4.69) is 31.2 Å². The van der Waals surface area contributed by atoms with Gasteiger partial charge in [0.25, 0.3) is 0 Å². The minimum Gasteiger partial charge on any atom is -0.454 e. The maximum absolute atomic E-state index is 13.6. The molecule has 9 heteroatoms. The summed E-state index contributed by atoms with van der Waals surface area (Å²) < 4.78 is 26.6. The van der Waals surface area contributed by atoms with Crippen molar-refractivity contribution in [3.05, 3.63) is 65.6 Å². The highest BCUT2D eigenvalue weighted by Crippen LogP contribution is 2.46. The molecule has 2 atom stereocenters. The van der Waals surface area contributed by atoms with Gasteiger partial charge in [0.15, 0.2) is 17.3 Å². The van der Waals surface area contributed by atoms with Gasteiger partial charge in [0, 0.05) is 17.2 Å². The smallest absolute Gasteiger partial charge is 0.328 e. The number of fused-ring (bicyclic) bond motifs is 3. The number of urea groups is 1. The van der Waals surface area contributed by atoms with Crippen molar-refractivity contribution in [2.75, 3.05) is 11.7 Å². The molecule has 2 aromatic carbocycles. The van der Waals surface area contributed by atoms with E-state index in [-0.39, 0.29) is 30.1 Å². The van der Waals surface area contributed by atoms with Crippen molar-refractivity contribution in [3.8, 4) is 11.5 Å². The Kier molecular flexibility index (Phi) is 4.08. The van der Waals surface area contributed by atoms with E-state index in [1.165, 1.54) is 12.1 Å². The van der Waals surface area contributed by atoms with E-state index in [1.54, 1.807) is 17.0 Å². The van der Waals surface area contributed by atoms with Gasteiger partial charge in [-0.25, -0.2) is 18.9 Å². The fraction of sp³-hybridized carbons (Fsp3) is 0.292. The van der Waals surface area contributed by atoms with Gasteiger partial charge in [0.1, 0.15) is 17.7 Å². The van der Waals surface area contributed by atoms with Crippen LogP contribution < -0.4 is 19.7 Å². The largest absolute Gasteiger partial charge is 0.454 e. The third-order valence-corrected chi connectivity index (χ3v) is 6.16. The first-order valence-corrected chi connectivity index (χ1v) is 10.7. The van der Waals surface area contributed by atoms with E-state index >= 15 is 0 Å². The van der Waals surface area contributed by atoms with Gasteiger partial charge in [0.2, 0.25) is 6.79 Å². The Morgan fingerprint density at radius 1 is 1.09 bits per heavy atom. The highest BCUT2D eigenvalue weighted by Gasteiger charge is 2.48. The fourth-order valence-corrected chi connectivity index (χ4v) is 4.70. The van der Waals surface area contributed by atoms with Crippen LogP contribution in [0.4, 0.5) is 20.7 Å². The predicted octanol–water partition coefficient (Wildman–Crippen LogP) is 4.28. The number of aromatic nitrogens is 2. The maximum Gasteiger partial charge on any atom is 0.328 e. The number of carbonyl (C=O) groups excluding carboxylic acids is 1. The SMILES string of the molecule is CC(C)(C)n1ncc2c1N=C1NC(=O)N(c3ccc(F)cc3)[C@@H]1[C@H]2c1ccc2c(c1)OCO2. The summed E-state index contributed by atoms with van der Waals surface area (Å²) in [6, 6.07) is 10.9. The molecule has 1 saturated heterocycles. The average molecular weight is 447 g/mol. The fourth-order valence-electron chi connectivity index (χ4n) is 4.70. The Hall–Kier alpha value is -3.88. The van der Waals surface area contributed by atoms with Crippen LogP contribution in [0.2, 0.25) is 0 Å². The Morgan fingerprint density at radius 3 is 2.61 bits per heavy atom. The number of nitrogens with one attached hydrogen (secondary N) is 1. The van der Waals surface area contributed by atoms with E-state index in [0.717, 1.165) is 11.1 Å². The third-order valence-electron chi connectivity index (χ3n) is 6.16. The van der Waals surface area contributed by atoms with Crippen LogP contribution in [0.5, 0.6) is 11.5 Å². The average Bonchev–Trinajstić information content (AvgIpc) is 3.48. The molecule has 6 rings (SSSR count). The molecule has 3 aliphatic rings. The number of hydrogen-bond acceptors (Lipinski definition) is 5. The monoisotopic (exact) mass is 447 g/mol. The standard InChI is InChI=1S/C24H22FN5O3/c1-24(2,3)30-22-16(11-26-30)19(13-4-9-17-18(10-13)33-12-32-17)20-21(27-22)28-23(31)29(20)15-7-5-14(25)6-8-15/h4-11,19-20H,12H2,1-3H3,(H,27,28,31)/t19-,20+/m0/s1. The number of nitrogens with zero attached hydrogens (tertiary/aromatic N) is 4. The molecule has 0 spiro atoms. The molecule has 0 bridgehead atoms. The molecule has 8 nitrogen and oxygen atoms in total. The van der Waals surface area contributed by atoms with Crippen LogP contribution in [-0.2, 0) is 5.54 Å². The summed E-state index contributed by atoms with van der Waals surface area (Å²) in [4.78, 5) is 19.6. The third kappa shape index (κ3) is 2.99. The first-order valence-electron chi connectivity index (χ1n) is 10.7. The zero-order chi connectivity index (χ0) is 22.9. The number of carbonyl (C=O) groups is 1. The lowest BCUT2D eigenvalue weighted by Crippen LogP contribution is -2.42. The minimum atomic E-state index is -0.451. The number of rotatable bonds is 2. The molecule has 1 N–H and O–H groups in total. The van der Waals surface area contributed by atoms with Crippen molar-refractivity contribution in [1.29, 1.82) is 0 Å². The summed E-state index contributed by atoms with van der Waals surface area (Å²) in [6.07, 6.45) is 1.82. The lowest BCUT2D eigenvalue weighted by atomic mass is 9.83. The highest BCUT2D eigenvalue weighted by atomic mass is 19.1. The summed E-state index contributed by atoms with van der Waals surface area (Å²) in [5, 5.41) is 7.57. The van der Waals surface area contributed by atoms with E-state index in [9.17, 15) is 9.18 Å². The Morgan fingerprint density at radius 2 is 1.85 bits per heavy atom. The molecular formula is C24H22FN5O3. The molecule has 4 heterocycles. The molecule has 1 fully saturated rings. The number of halogens is 1. The van der Waals surface area contributed by atoms with Gasteiger partial charge in [-0.3, -0.25) is 10.2 Å². The van der Waals surface area contributed by atoms with Gasteiger partial charge in [-0.05, 0) is 62.7 Å². The predicted molar refractivity (Wildman–Crippen MR) is 120 cm³/mol. The maximum atomic E-state index is 13.6. The molecule has 0 radical (unpaired) electrons. The van der Waals surface area contributed by atoms with Gasteiger partial charge in [-0.2, -0.15) is 5.10 Å². The van der Waals surface area contributed by atoms with Gasteiger partial charge < -0.3 is 9.47 Å². The summed E-state index contributed by atoms with van der Waals surface area (Å²) in [5.74, 6) is 1.94. The quantitative estimate of drug-likeness (QED) is 0.636. The first-order chi connectivity index (χ1) is 15.8. The van der Waals surface area contributed by atoms with Crippen LogP contribution in [0.1, 0.15) is 37.8 Å². The number of hydrogen-bond donors (Lipinski definition) is 1. The van der Waals surface area contributed by atoms with Crippen LogP contribution in [0.15, 0.2) is 53.7 Å². The van der Waals surface area contributed by atoms with Crippen LogP contribution in [-0.4, -0.2) is 34.5 Å². The molecule has 2 amide bonds. The summed E-state index contributed by atoms with van der Waals surface area (Å²) in [6.45, 7) is 6.34. The van der Waals surface area contributed by atoms with Crippen LogP contribution >= 0.6 is 0 Å². The molecule has 3 aromatic rings. The van der Waals surface area contributed by atoms with Crippen LogP contribution in [0, 0.1) is 5.82 Å². The second-order valence-corrected chi connectivity index (χ2v) is 9.31. The van der Waals surface area contributed by atoms with Gasteiger partial charge in [-0.15, -0.1) is 0 Å². The first kappa shape index (κ1) is 19.8. The van der Waals surface area contributed by atoms with Crippen LogP contribution in [0.25, 0.3) is 0 Å². The lowest BCUT2D eigenvalue weighted by molar-refractivity contribution is 0.174. The van der Waals surface area contributed by atoms with Crippen molar-refractivity contribution >= 4 is 23.4 Å². The number of benzene rings is 2.